The molecule has 1 saturated carbocycles. The van der Waals surface area contributed by atoms with Gasteiger partial charge in [-0.15, -0.1) is 0 Å². The van der Waals surface area contributed by atoms with Crippen LogP contribution in [0.15, 0.2) is 104 Å². The van der Waals surface area contributed by atoms with Gasteiger partial charge in [0.05, 0.1) is 21.9 Å². The molecule has 4 aromatic rings. The fraction of sp³-hybridized carbons (Fsp3) is 0.233. The minimum atomic E-state index is -3.89. The molecule has 41 heavy (non-hydrogen) atoms. The van der Waals surface area contributed by atoms with E-state index >= 15 is 0 Å². The Hall–Kier alpha value is -3.93. The molecule has 0 spiro atoms. The highest BCUT2D eigenvalue weighted by Crippen LogP contribution is 2.48. The highest BCUT2D eigenvalue weighted by Gasteiger charge is 2.37. The normalized spacial score (nSPS) is 14.5. The molecular formula is C30H30N2O7S2. The van der Waals surface area contributed by atoms with E-state index in [-0.39, 0.29) is 39.3 Å². The molecular weight excluding hydrogens is 564 g/mol. The Morgan fingerprint density at radius 2 is 1.61 bits per heavy atom. The van der Waals surface area contributed by atoms with Gasteiger partial charge in [-0.2, -0.15) is 0 Å². The first kappa shape index (κ1) is 28.6. The summed E-state index contributed by atoms with van der Waals surface area (Å²) >= 11 is 0. The molecule has 0 saturated heterocycles. The van der Waals surface area contributed by atoms with E-state index in [0.717, 1.165) is 12.8 Å². The second kappa shape index (κ2) is 11.5. The summed E-state index contributed by atoms with van der Waals surface area (Å²) in [5.74, 6) is -0.821. The third-order valence-corrected chi connectivity index (χ3v) is 9.95. The molecule has 1 atom stereocenters. The summed E-state index contributed by atoms with van der Waals surface area (Å²) in [4.78, 5) is 13.4. The SMILES string of the molecule is CCc1ccccc1S(=O)(=O)NCc1cc(O)c(C(c2cccc(NS(=O)(=O)c3ccccc3)c2)C2CC2)c(=O)o1. The molecule has 0 radical (unpaired) electrons. The van der Waals surface area contributed by atoms with Gasteiger partial charge in [0.2, 0.25) is 10.0 Å². The Morgan fingerprint density at radius 1 is 0.902 bits per heavy atom. The van der Waals surface area contributed by atoms with E-state index in [1.807, 2.05) is 6.92 Å². The first-order chi connectivity index (χ1) is 19.6. The number of sulfonamides is 2. The average molecular weight is 595 g/mol. The molecule has 1 fully saturated rings. The Kier molecular flexibility index (Phi) is 8.03. The molecule has 1 aromatic heterocycles. The van der Waals surface area contributed by atoms with Crippen LogP contribution in [0, 0.1) is 5.92 Å². The summed E-state index contributed by atoms with van der Waals surface area (Å²) in [7, 11) is -7.72. The smallest absolute Gasteiger partial charge is 0.343 e. The maximum atomic E-state index is 13.2. The lowest BCUT2D eigenvalue weighted by molar-refractivity contribution is 0.401. The second-order valence-corrected chi connectivity index (χ2v) is 13.4. The maximum Gasteiger partial charge on any atom is 0.343 e. The fourth-order valence-electron chi connectivity index (χ4n) is 4.93. The summed E-state index contributed by atoms with van der Waals surface area (Å²) in [6, 6.07) is 22.6. The zero-order chi connectivity index (χ0) is 29.2. The van der Waals surface area contributed by atoms with Crippen LogP contribution in [0.25, 0.3) is 0 Å². The minimum absolute atomic E-state index is 0.0345. The summed E-state index contributed by atoms with van der Waals surface area (Å²) in [6.07, 6.45) is 2.17. The third-order valence-electron chi connectivity index (χ3n) is 7.05. The van der Waals surface area contributed by atoms with Crippen molar-refractivity contribution in [2.45, 2.75) is 48.4 Å². The number of nitrogens with one attached hydrogen (secondary N) is 2. The predicted molar refractivity (Wildman–Crippen MR) is 155 cm³/mol. The average Bonchev–Trinajstić information content (AvgIpc) is 3.79. The van der Waals surface area contributed by atoms with Gasteiger partial charge in [0.1, 0.15) is 11.5 Å². The third kappa shape index (κ3) is 6.37. The molecule has 5 rings (SSSR count). The fourth-order valence-corrected chi connectivity index (χ4v) is 7.30. The summed E-state index contributed by atoms with van der Waals surface area (Å²) in [5.41, 5.74) is 0.895. The Morgan fingerprint density at radius 3 is 2.29 bits per heavy atom. The van der Waals surface area contributed by atoms with Gasteiger partial charge >= 0.3 is 5.63 Å². The molecule has 0 amide bonds. The number of aryl methyl sites for hydroxylation is 1. The van der Waals surface area contributed by atoms with Gasteiger partial charge in [-0.3, -0.25) is 4.72 Å². The number of benzene rings is 3. The van der Waals surface area contributed by atoms with Gasteiger partial charge in [-0.05, 0) is 66.6 Å². The van der Waals surface area contributed by atoms with E-state index in [0.29, 0.717) is 23.2 Å². The lowest BCUT2D eigenvalue weighted by Crippen LogP contribution is -2.25. The molecule has 9 nitrogen and oxygen atoms in total. The van der Waals surface area contributed by atoms with Crippen molar-refractivity contribution in [3.05, 3.63) is 118 Å². The van der Waals surface area contributed by atoms with Crippen LogP contribution in [0.5, 0.6) is 5.75 Å². The van der Waals surface area contributed by atoms with Gasteiger partial charge in [0.15, 0.2) is 0 Å². The largest absolute Gasteiger partial charge is 0.507 e. The maximum absolute atomic E-state index is 13.2. The minimum Gasteiger partial charge on any atom is -0.507 e. The lowest BCUT2D eigenvalue weighted by Gasteiger charge is -2.19. The van der Waals surface area contributed by atoms with E-state index in [9.17, 15) is 26.7 Å². The first-order valence-electron chi connectivity index (χ1n) is 13.2. The quantitative estimate of drug-likeness (QED) is 0.228. The molecule has 3 N–H and O–H groups in total. The number of rotatable bonds is 11. The molecule has 11 heteroatoms. The molecule has 0 bridgehead atoms. The molecule has 1 aliphatic carbocycles. The van der Waals surface area contributed by atoms with Crippen LogP contribution in [0.3, 0.4) is 0 Å². The van der Waals surface area contributed by atoms with Gasteiger partial charge in [0.25, 0.3) is 10.0 Å². The standard InChI is InChI=1S/C30H30N2O7S2/c1-2-20-9-6-7-14-27(20)41(37,38)31-19-24-18-26(33)29(30(34)39-24)28(21-15-16-21)22-10-8-11-23(17-22)32-40(35,36)25-12-4-3-5-13-25/h3-14,17-18,21,28,31-33H,2,15-16,19H2,1H3. The van der Waals surface area contributed by atoms with Crippen LogP contribution in [0.4, 0.5) is 5.69 Å². The van der Waals surface area contributed by atoms with Crippen LogP contribution in [-0.4, -0.2) is 21.9 Å². The van der Waals surface area contributed by atoms with Crippen molar-refractivity contribution in [2.75, 3.05) is 4.72 Å². The van der Waals surface area contributed by atoms with E-state index in [2.05, 4.69) is 9.44 Å². The Labute approximate surface area is 239 Å². The highest BCUT2D eigenvalue weighted by molar-refractivity contribution is 7.92. The van der Waals surface area contributed by atoms with Crippen molar-refractivity contribution in [1.29, 1.82) is 0 Å². The molecule has 0 aliphatic heterocycles. The van der Waals surface area contributed by atoms with Gasteiger partial charge in [-0.1, -0.05) is 55.5 Å². The number of anilines is 1. The van der Waals surface area contributed by atoms with Crippen molar-refractivity contribution in [3.8, 4) is 5.75 Å². The summed E-state index contributed by atoms with van der Waals surface area (Å²) in [6.45, 7) is 1.53. The van der Waals surface area contributed by atoms with Gasteiger partial charge in [-0.25, -0.2) is 26.4 Å². The highest BCUT2D eigenvalue weighted by atomic mass is 32.2. The summed E-state index contributed by atoms with van der Waals surface area (Å²) < 4.78 is 61.9. The monoisotopic (exact) mass is 594 g/mol. The van der Waals surface area contributed by atoms with E-state index < -0.39 is 31.6 Å². The Bertz CT molecular complexity index is 1830. The van der Waals surface area contributed by atoms with E-state index in [1.165, 1.54) is 24.3 Å². The zero-order valence-electron chi connectivity index (χ0n) is 22.3. The van der Waals surface area contributed by atoms with Crippen LogP contribution in [0.1, 0.15) is 48.1 Å². The number of hydrogen-bond donors (Lipinski definition) is 3. The number of aromatic hydroxyl groups is 1. The topological polar surface area (TPSA) is 143 Å². The zero-order valence-corrected chi connectivity index (χ0v) is 23.9. The van der Waals surface area contributed by atoms with E-state index in [1.54, 1.807) is 60.7 Å². The Balaban J connectivity index is 1.40. The summed E-state index contributed by atoms with van der Waals surface area (Å²) in [5, 5.41) is 11.0. The van der Waals surface area contributed by atoms with E-state index in [4.69, 9.17) is 4.42 Å². The van der Waals surface area contributed by atoms with Crippen LogP contribution in [0.2, 0.25) is 0 Å². The van der Waals surface area contributed by atoms with Gasteiger partial charge < -0.3 is 9.52 Å². The van der Waals surface area contributed by atoms with Crippen molar-refractivity contribution in [2.24, 2.45) is 5.92 Å². The van der Waals surface area contributed by atoms with Crippen molar-refractivity contribution in [3.63, 3.8) is 0 Å². The first-order valence-corrected chi connectivity index (χ1v) is 16.2. The molecule has 3 aromatic carbocycles. The van der Waals surface area contributed by atoms with Crippen molar-refractivity contribution < 1.29 is 26.4 Å². The van der Waals surface area contributed by atoms with Gasteiger partial charge in [0, 0.05) is 17.7 Å². The second-order valence-electron chi connectivity index (χ2n) is 9.94. The molecule has 1 heterocycles. The van der Waals surface area contributed by atoms with Crippen molar-refractivity contribution in [1.82, 2.24) is 4.72 Å². The van der Waals surface area contributed by atoms with Crippen LogP contribution in [-0.2, 0) is 33.0 Å². The van der Waals surface area contributed by atoms with Crippen LogP contribution >= 0.6 is 0 Å². The van der Waals surface area contributed by atoms with Crippen LogP contribution < -0.4 is 15.1 Å². The van der Waals surface area contributed by atoms with Crippen molar-refractivity contribution >= 4 is 25.7 Å². The molecule has 214 valence electrons. The lowest BCUT2D eigenvalue weighted by atomic mass is 9.87. The number of hydrogen-bond acceptors (Lipinski definition) is 7. The molecule has 1 aliphatic rings. The predicted octanol–water partition coefficient (Wildman–Crippen LogP) is 4.73. The molecule has 1 unspecified atom stereocenters.